The standard InChI is InChI=1S/C58H114NO8P/c1-3-5-7-9-11-12-13-14-15-16-17-18-19-20-21-22-23-24-25-26-27-28-29-30-31-32-33-34-35-36-37-38-39-40-41-42-43-44-45-47-49-51-58(61)67-56(55-66-68(62,63)65-53-52-59)54-64-57(60)50-48-46-10-8-6-4-2/h16-17,56H,3-15,18-55,59H2,1-2H3,(H,62,63)/b17-16-. The molecule has 0 aliphatic carbocycles. The molecular weight excluding hydrogens is 870 g/mol. The van der Waals surface area contributed by atoms with Gasteiger partial charge in [0, 0.05) is 19.4 Å². The molecule has 10 heteroatoms. The summed E-state index contributed by atoms with van der Waals surface area (Å²) in [5.41, 5.74) is 5.35. The summed E-state index contributed by atoms with van der Waals surface area (Å²) < 4.78 is 32.7. The zero-order valence-electron chi connectivity index (χ0n) is 45.1. The summed E-state index contributed by atoms with van der Waals surface area (Å²) in [7, 11) is -4.37. The van der Waals surface area contributed by atoms with Crippen molar-refractivity contribution in [3.63, 3.8) is 0 Å². The predicted octanol–water partition coefficient (Wildman–Crippen LogP) is 18.5. The molecule has 0 spiro atoms. The Morgan fingerprint density at radius 3 is 1.04 bits per heavy atom. The number of allylic oxidation sites excluding steroid dienone is 2. The van der Waals surface area contributed by atoms with Gasteiger partial charge in [-0.05, 0) is 38.5 Å². The molecule has 0 heterocycles. The lowest BCUT2D eigenvalue weighted by Crippen LogP contribution is -2.29. The quantitative estimate of drug-likeness (QED) is 0.0264. The van der Waals surface area contributed by atoms with E-state index in [0.717, 1.165) is 38.5 Å². The molecule has 0 saturated carbocycles. The first-order chi connectivity index (χ1) is 33.3. The van der Waals surface area contributed by atoms with Gasteiger partial charge in [0.25, 0.3) is 0 Å². The first kappa shape index (κ1) is 66.8. The lowest BCUT2D eigenvalue weighted by Gasteiger charge is -2.19. The molecular formula is C58H114NO8P. The van der Waals surface area contributed by atoms with Gasteiger partial charge < -0.3 is 20.1 Å². The molecule has 0 radical (unpaired) electrons. The summed E-state index contributed by atoms with van der Waals surface area (Å²) in [5.74, 6) is -0.823. The van der Waals surface area contributed by atoms with E-state index in [0.29, 0.717) is 6.42 Å². The largest absolute Gasteiger partial charge is 0.472 e. The fraction of sp³-hybridized carbons (Fsp3) is 0.931. The van der Waals surface area contributed by atoms with Crippen LogP contribution in [0.25, 0.3) is 0 Å². The van der Waals surface area contributed by atoms with Gasteiger partial charge in [-0.25, -0.2) is 4.57 Å². The Hall–Kier alpha value is -1.25. The third kappa shape index (κ3) is 54.1. The van der Waals surface area contributed by atoms with E-state index in [1.165, 1.54) is 244 Å². The number of hydrogen-bond donors (Lipinski definition) is 2. The van der Waals surface area contributed by atoms with Crippen LogP contribution in [0.15, 0.2) is 12.2 Å². The second kappa shape index (κ2) is 55.1. The maximum absolute atomic E-state index is 12.6. The predicted molar refractivity (Wildman–Crippen MR) is 289 cm³/mol. The summed E-state index contributed by atoms with van der Waals surface area (Å²) in [6.45, 7) is 3.71. The van der Waals surface area contributed by atoms with Crippen LogP contribution in [-0.2, 0) is 32.7 Å². The van der Waals surface area contributed by atoms with Crippen molar-refractivity contribution in [3.8, 4) is 0 Å². The highest BCUT2D eigenvalue weighted by atomic mass is 31.2. The van der Waals surface area contributed by atoms with Crippen molar-refractivity contribution < 1.29 is 37.6 Å². The second-order valence-electron chi connectivity index (χ2n) is 20.2. The molecule has 0 bridgehead atoms. The van der Waals surface area contributed by atoms with E-state index in [9.17, 15) is 19.0 Å². The third-order valence-electron chi connectivity index (χ3n) is 13.4. The molecule has 9 nitrogen and oxygen atoms in total. The molecule has 0 aromatic carbocycles. The Labute approximate surface area is 421 Å². The van der Waals surface area contributed by atoms with Crippen LogP contribution in [-0.4, -0.2) is 49.3 Å². The van der Waals surface area contributed by atoms with Crippen molar-refractivity contribution in [2.24, 2.45) is 5.73 Å². The summed E-state index contributed by atoms with van der Waals surface area (Å²) in [5, 5.41) is 0. The monoisotopic (exact) mass is 984 g/mol. The van der Waals surface area contributed by atoms with Crippen LogP contribution in [0.1, 0.15) is 316 Å². The number of hydrogen-bond acceptors (Lipinski definition) is 8. The first-order valence-corrected chi connectivity index (χ1v) is 31.2. The maximum Gasteiger partial charge on any atom is 0.472 e. The van der Waals surface area contributed by atoms with Crippen molar-refractivity contribution in [1.29, 1.82) is 0 Å². The molecule has 0 amide bonds. The zero-order valence-corrected chi connectivity index (χ0v) is 46.0. The number of rotatable bonds is 57. The minimum atomic E-state index is -4.37. The normalized spacial score (nSPS) is 13.1. The van der Waals surface area contributed by atoms with Gasteiger partial charge >= 0.3 is 19.8 Å². The fourth-order valence-corrected chi connectivity index (χ4v) is 9.75. The molecule has 0 aromatic heterocycles. The smallest absolute Gasteiger partial charge is 0.462 e. The minimum absolute atomic E-state index is 0.0572. The van der Waals surface area contributed by atoms with Crippen LogP contribution in [0.3, 0.4) is 0 Å². The number of ether oxygens (including phenoxy) is 2. The fourth-order valence-electron chi connectivity index (χ4n) is 8.99. The lowest BCUT2D eigenvalue weighted by molar-refractivity contribution is -0.161. The molecule has 2 unspecified atom stereocenters. The number of phosphoric acid groups is 1. The first-order valence-electron chi connectivity index (χ1n) is 29.7. The molecule has 3 N–H and O–H groups in total. The highest BCUT2D eigenvalue weighted by Gasteiger charge is 2.26. The minimum Gasteiger partial charge on any atom is -0.462 e. The molecule has 0 rings (SSSR count). The number of carbonyl (C=O) groups excluding carboxylic acids is 2. The number of phosphoric ester groups is 1. The number of unbranched alkanes of at least 4 members (excludes halogenated alkanes) is 42. The van der Waals surface area contributed by atoms with Gasteiger partial charge in [0.1, 0.15) is 6.61 Å². The Balaban J connectivity index is 3.56. The molecule has 404 valence electrons. The Kier molecular flexibility index (Phi) is 54.1. The van der Waals surface area contributed by atoms with Crippen LogP contribution in [0.2, 0.25) is 0 Å². The second-order valence-corrected chi connectivity index (χ2v) is 21.7. The zero-order chi connectivity index (χ0) is 49.5. The van der Waals surface area contributed by atoms with E-state index >= 15 is 0 Å². The van der Waals surface area contributed by atoms with Crippen molar-refractivity contribution in [2.75, 3.05) is 26.4 Å². The molecule has 0 fully saturated rings. The van der Waals surface area contributed by atoms with Crippen molar-refractivity contribution in [3.05, 3.63) is 12.2 Å². The highest BCUT2D eigenvalue weighted by Crippen LogP contribution is 2.43. The molecule has 0 saturated heterocycles. The van der Waals surface area contributed by atoms with Gasteiger partial charge in [-0.2, -0.15) is 0 Å². The van der Waals surface area contributed by atoms with Crippen LogP contribution in [0.5, 0.6) is 0 Å². The van der Waals surface area contributed by atoms with E-state index in [-0.39, 0.29) is 38.6 Å². The SMILES string of the molecule is CCCCCCCCCC/C=C\CCCCCCCCCCCCCCCCCCCCCCCCCCCCCCCC(=O)OC(COC(=O)CCCCCCCC)COP(=O)(O)OCCN. The average molecular weight is 985 g/mol. The average Bonchev–Trinajstić information content (AvgIpc) is 3.33. The van der Waals surface area contributed by atoms with Crippen LogP contribution < -0.4 is 5.73 Å². The summed E-state index contributed by atoms with van der Waals surface area (Å²) in [6.07, 6.45) is 63.7. The molecule has 0 aromatic rings. The van der Waals surface area contributed by atoms with Gasteiger partial charge in [-0.3, -0.25) is 18.6 Å². The Morgan fingerprint density at radius 2 is 0.721 bits per heavy atom. The van der Waals surface area contributed by atoms with E-state index in [1.54, 1.807) is 0 Å². The van der Waals surface area contributed by atoms with E-state index in [1.807, 2.05) is 0 Å². The summed E-state index contributed by atoms with van der Waals surface area (Å²) >= 11 is 0. The number of carbonyl (C=O) groups is 2. The Morgan fingerprint density at radius 1 is 0.426 bits per heavy atom. The number of nitrogens with two attached hydrogens (primary N) is 1. The van der Waals surface area contributed by atoms with Crippen molar-refractivity contribution >= 4 is 19.8 Å². The van der Waals surface area contributed by atoms with Gasteiger partial charge in [0.15, 0.2) is 6.10 Å². The maximum atomic E-state index is 12.6. The van der Waals surface area contributed by atoms with Gasteiger partial charge in [-0.15, -0.1) is 0 Å². The molecule has 68 heavy (non-hydrogen) atoms. The molecule has 2 atom stereocenters. The van der Waals surface area contributed by atoms with E-state index in [2.05, 4.69) is 26.0 Å². The third-order valence-corrected chi connectivity index (χ3v) is 14.4. The summed E-state index contributed by atoms with van der Waals surface area (Å²) in [6, 6.07) is 0. The lowest BCUT2D eigenvalue weighted by atomic mass is 10.0. The van der Waals surface area contributed by atoms with Gasteiger partial charge in [0.2, 0.25) is 0 Å². The molecule has 0 aliphatic rings. The molecule has 0 aliphatic heterocycles. The number of esters is 2. The van der Waals surface area contributed by atoms with Crippen molar-refractivity contribution in [1.82, 2.24) is 0 Å². The van der Waals surface area contributed by atoms with Gasteiger partial charge in [0.05, 0.1) is 13.2 Å². The van der Waals surface area contributed by atoms with Crippen LogP contribution in [0.4, 0.5) is 0 Å². The van der Waals surface area contributed by atoms with Crippen LogP contribution in [0, 0.1) is 0 Å². The van der Waals surface area contributed by atoms with Crippen LogP contribution >= 0.6 is 7.82 Å². The Bertz CT molecular complexity index is 1120. The van der Waals surface area contributed by atoms with Gasteiger partial charge in [-0.1, -0.05) is 276 Å². The highest BCUT2D eigenvalue weighted by molar-refractivity contribution is 7.47. The van der Waals surface area contributed by atoms with E-state index < -0.39 is 26.5 Å². The van der Waals surface area contributed by atoms with Crippen molar-refractivity contribution in [2.45, 2.75) is 322 Å². The van der Waals surface area contributed by atoms with E-state index in [4.69, 9.17) is 24.3 Å². The topological polar surface area (TPSA) is 134 Å². The summed E-state index contributed by atoms with van der Waals surface area (Å²) in [4.78, 5) is 34.7.